The van der Waals surface area contributed by atoms with Crippen molar-refractivity contribution in [1.29, 1.82) is 0 Å². The third-order valence-corrected chi connectivity index (χ3v) is 6.52. The molecule has 2 bridgehead atoms. The molecule has 5 rings (SSSR count). The molecule has 3 fully saturated rings. The van der Waals surface area contributed by atoms with E-state index in [1.54, 1.807) is 16.4 Å². The molecule has 144 valence electrons. The highest BCUT2D eigenvalue weighted by Gasteiger charge is 2.48. The van der Waals surface area contributed by atoms with Crippen LogP contribution < -0.4 is 4.90 Å². The van der Waals surface area contributed by atoms with E-state index in [9.17, 15) is 4.79 Å². The van der Waals surface area contributed by atoms with Gasteiger partial charge in [-0.3, -0.25) is 9.48 Å². The van der Waals surface area contributed by atoms with Crippen molar-refractivity contribution in [1.82, 2.24) is 24.6 Å². The highest BCUT2D eigenvalue weighted by atomic mass is 32.2. The summed E-state index contributed by atoms with van der Waals surface area (Å²) in [5.74, 6) is 1.14. The van der Waals surface area contributed by atoms with Crippen LogP contribution in [-0.4, -0.2) is 62.0 Å². The van der Waals surface area contributed by atoms with Gasteiger partial charge in [0.25, 0.3) is 5.91 Å². The second-order valence-electron chi connectivity index (χ2n) is 7.57. The van der Waals surface area contributed by atoms with E-state index in [0.717, 1.165) is 58.7 Å². The zero-order valence-corrected chi connectivity index (χ0v) is 17.6. The van der Waals surface area contributed by atoms with Gasteiger partial charge in [0.1, 0.15) is 5.82 Å². The predicted octanol–water partition coefficient (Wildman–Crippen LogP) is 2.27. The van der Waals surface area contributed by atoms with Crippen molar-refractivity contribution in [2.24, 2.45) is 7.05 Å². The number of carbonyl (C=O) groups is 1. The fourth-order valence-corrected chi connectivity index (χ4v) is 4.72. The first-order valence-corrected chi connectivity index (χ1v) is 10.5. The summed E-state index contributed by atoms with van der Waals surface area (Å²) in [5.41, 5.74) is 4.67. The smallest absolute Gasteiger partial charge is 0.258 e. The van der Waals surface area contributed by atoms with Crippen LogP contribution in [0.3, 0.4) is 0 Å². The van der Waals surface area contributed by atoms with Crippen LogP contribution in [0.2, 0.25) is 0 Å². The zero-order chi connectivity index (χ0) is 19.5. The Balaban J connectivity index is 1.57. The van der Waals surface area contributed by atoms with Crippen LogP contribution >= 0.6 is 11.8 Å². The van der Waals surface area contributed by atoms with E-state index >= 15 is 0 Å². The number of rotatable bonds is 3. The number of amides is 1. The number of piperazine rings is 1. The first-order valence-electron chi connectivity index (χ1n) is 9.28. The quantitative estimate of drug-likeness (QED) is 0.595. The maximum Gasteiger partial charge on any atom is 0.258 e. The molecular formula is C19H26N6OS. The van der Waals surface area contributed by atoms with Gasteiger partial charge in [-0.2, -0.15) is 5.10 Å². The monoisotopic (exact) mass is 386 g/mol. The second-order valence-corrected chi connectivity index (χ2v) is 8.35. The van der Waals surface area contributed by atoms with E-state index in [1.165, 1.54) is 0 Å². The van der Waals surface area contributed by atoms with Crippen molar-refractivity contribution < 1.29 is 4.79 Å². The molecule has 3 aliphatic rings. The molecule has 0 saturated carbocycles. The van der Waals surface area contributed by atoms with Gasteiger partial charge in [0, 0.05) is 37.1 Å². The lowest BCUT2D eigenvalue weighted by molar-refractivity contribution is 0.00557. The molecule has 2 aromatic rings. The number of thioether (sulfide) groups is 1. The van der Waals surface area contributed by atoms with Crippen LogP contribution in [0.15, 0.2) is 5.16 Å². The molecule has 8 heteroatoms. The van der Waals surface area contributed by atoms with Gasteiger partial charge in [0.15, 0.2) is 5.16 Å². The molecule has 0 radical (unpaired) electrons. The highest BCUT2D eigenvalue weighted by molar-refractivity contribution is 7.98. The second kappa shape index (κ2) is 6.51. The number of anilines is 1. The number of hydrogen-bond acceptors (Lipinski definition) is 6. The normalized spacial score (nSPS) is 21.4. The maximum atomic E-state index is 13.2. The first-order chi connectivity index (χ1) is 12.8. The van der Waals surface area contributed by atoms with Crippen LogP contribution in [0.1, 0.15) is 39.4 Å². The summed E-state index contributed by atoms with van der Waals surface area (Å²) in [4.78, 5) is 26.9. The van der Waals surface area contributed by atoms with Crippen molar-refractivity contribution >= 4 is 23.5 Å². The van der Waals surface area contributed by atoms with E-state index < -0.39 is 0 Å². The fourth-order valence-electron chi connectivity index (χ4n) is 4.31. The van der Waals surface area contributed by atoms with Crippen LogP contribution in [0.5, 0.6) is 0 Å². The van der Waals surface area contributed by atoms with Crippen LogP contribution in [0, 0.1) is 27.7 Å². The summed E-state index contributed by atoms with van der Waals surface area (Å²) >= 11 is 1.57. The molecule has 2 unspecified atom stereocenters. The van der Waals surface area contributed by atoms with Gasteiger partial charge in [-0.25, -0.2) is 9.97 Å². The Morgan fingerprint density at radius 2 is 1.74 bits per heavy atom. The Bertz CT molecular complexity index is 911. The Morgan fingerprint density at radius 3 is 2.30 bits per heavy atom. The standard InChI is InChI=1S/C19H26N6OS/c1-10-11(2)20-19(27-6)21-17(10)24-8-14-7-15(9-24)25(14)18(26)16-12(3)22-23(5)13(16)4/h14-15H,7-9H2,1-6H3. The third-order valence-electron chi connectivity index (χ3n) is 5.98. The molecule has 0 spiro atoms. The van der Waals surface area contributed by atoms with E-state index in [2.05, 4.69) is 26.8 Å². The van der Waals surface area contributed by atoms with Gasteiger partial charge in [0.05, 0.1) is 23.3 Å². The molecule has 1 amide bonds. The summed E-state index contributed by atoms with van der Waals surface area (Å²) < 4.78 is 1.79. The maximum absolute atomic E-state index is 13.2. The van der Waals surface area contributed by atoms with Crippen molar-refractivity contribution in [2.75, 3.05) is 24.2 Å². The largest absolute Gasteiger partial charge is 0.352 e. The molecule has 0 aliphatic carbocycles. The molecule has 3 aliphatic heterocycles. The number of hydrogen-bond donors (Lipinski definition) is 0. The average molecular weight is 387 g/mol. The van der Waals surface area contributed by atoms with Crippen molar-refractivity contribution in [3.05, 3.63) is 28.2 Å². The van der Waals surface area contributed by atoms with Crippen LogP contribution in [-0.2, 0) is 7.05 Å². The molecular weight excluding hydrogens is 360 g/mol. The topological polar surface area (TPSA) is 67.2 Å². The number of nitrogens with zero attached hydrogens (tertiary/aromatic N) is 6. The van der Waals surface area contributed by atoms with Crippen molar-refractivity contribution in [3.63, 3.8) is 0 Å². The zero-order valence-electron chi connectivity index (χ0n) is 16.8. The minimum atomic E-state index is 0.124. The van der Waals surface area contributed by atoms with E-state index in [-0.39, 0.29) is 18.0 Å². The Morgan fingerprint density at radius 1 is 1.07 bits per heavy atom. The van der Waals surface area contributed by atoms with Gasteiger partial charge in [-0.1, -0.05) is 11.8 Å². The van der Waals surface area contributed by atoms with Gasteiger partial charge < -0.3 is 9.80 Å². The molecule has 2 aromatic heterocycles. The van der Waals surface area contributed by atoms with Crippen molar-refractivity contribution in [3.8, 4) is 0 Å². The molecule has 0 N–H and O–H groups in total. The number of aromatic nitrogens is 4. The van der Waals surface area contributed by atoms with E-state index in [4.69, 9.17) is 4.98 Å². The SMILES string of the molecule is CSc1nc(C)c(C)c(N2CC3CC(C2)N3C(=O)c2c(C)nn(C)c2C)n1. The van der Waals surface area contributed by atoms with Crippen LogP contribution in [0.4, 0.5) is 5.82 Å². The van der Waals surface area contributed by atoms with Gasteiger partial charge in [-0.15, -0.1) is 0 Å². The fraction of sp³-hybridized carbons (Fsp3) is 0.579. The minimum absolute atomic E-state index is 0.124. The molecule has 3 saturated heterocycles. The summed E-state index contributed by atoms with van der Waals surface area (Å²) in [7, 11) is 1.89. The summed E-state index contributed by atoms with van der Waals surface area (Å²) in [6, 6.07) is 0.477. The summed E-state index contributed by atoms with van der Waals surface area (Å²) in [6.45, 7) is 9.65. The van der Waals surface area contributed by atoms with E-state index in [0.29, 0.717) is 0 Å². The van der Waals surface area contributed by atoms with Gasteiger partial charge >= 0.3 is 0 Å². The minimum Gasteiger partial charge on any atom is -0.352 e. The summed E-state index contributed by atoms with van der Waals surface area (Å²) in [6.07, 6.45) is 3.07. The lowest BCUT2D eigenvalue weighted by atomic mass is 9.86. The molecule has 7 nitrogen and oxygen atoms in total. The lowest BCUT2D eigenvalue weighted by Gasteiger charge is -2.56. The van der Waals surface area contributed by atoms with Crippen molar-refractivity contribution in [2.45, 2.75) is 51.4 Å². The molecule has 5 heterocycles. The molecule has 0 aromatic carbocycles. The summed E-state index contributed by atoms with van der Waals surface area (Å²) in [5, 5.41) is 5.22. The Labute approximate surface area is 164 Å². The lowest BCUT2D eigenvalue weighted by Crippen LogP contribution is -2.70. The predicted molar refractivity (Wildman–Crippen MR) is 107 cm³/mol. The third kappa shape index (κ3) is 2.81. The van der Waals surface area contributed by atoms with Crippen LogP contribution in [0.25, 0.3) is 0 Å². The Hall–Kier alpha value is -2.09. The van der Waals surface area contributed by atoms with Gasteiger partial charge in [-0.05, 0) is 40.4 Å². The number of aryl methyl sites for hydroxylation is 3. The Kier molecular flexibility index (Phi) is 4.41. The highest BCUT2D eigenvalue weighted by Crippen LogP contribution is 2.37. The number of piperidine rings is 1. The molecule has 2 atom stereocenters. The van der Waals surface area contributed by atoms with Gasteiger partial charge in [0.2, 0.25) is 0 Å². The molecule has 27 heavy (non-hydrogen) atoms. The average Bonchev–Trinajstić information content (AvgIpc) is 2.89. The van der Waals surface area contributed by atoms with E-state index in [1.807, 2.05) is 34.1 Å². The number of fused-ring (bicyclic) bond motifs is 2. The number of carbonyl (C=O) groups excluding carboxylic acids is 1. The first kappa shape index (κ1) is 18.3.